The van der Waals surface area contributed by atoms with E-state index in [4.69, 9.17) is 4.74 Å². The Balaban J connectivity index is 2.72. The van der Waals surface area contributed by atoms with Crippen molar-refractivity contribution in [1.29, 1.82) is 0 Å². The molecular formula is C14H20O2S. The molecule has 0 saturated carbocycles. The average molecular weight is 252 g/mol. The van der Waals surface area contributed by atoms with Crippen LogP contribution in [0.2, 0.25) is 0 Å². The molecule has 1 aromatic carbocycles. The fourth-order valence-corrected chi connectivity index (χ4v) is 2.12. The van der Waals surface area contributed by atoms with Crippen molar-refractivity contribution in [2.45, 2.75) is 32.9 Å². The molecule has 3 heteroatoms. The maximum atomic E-state index is 11.9. The number of carbonyl (C=O) groups excluding carboxylic acids is 1. The summed E-state index contributed by atoms with van der Waals surface area (Å²) in [5, 5.41) is 0.489. The van der Waals surface area contributed by atoms with Gasteiger partial charge in [0.1, 0.15) is 5.75 Å². The molecule has 94 valence electrons. The number of Topliss-reactive ketones (excluding diaryl/α,β-unsaturated/α-hetero) is 1. The number of ketones is 1. The smallest absolute Gasteiger partial charge is 0.172 e. The van der Waals surface area contributed by atoms with E-state index in [1.165, 1.54) is 0 Å². The first-order chi connectivity index (χ1) is 8.04. The standard InChI is InChI=1S/C14H20O2S/c1-5-16-14-7-6-12(8-11(14)4)13(15)9-17-10(2)3/h6-8,10H,5,9H2,1-4H3. The molecule has 0 unspecified atom stereocenters. The molecule has 2 nitrogen and oxygen atoms in total. The van der Waals surface area contributed by atoms with E-state index in [9.17, 15) is 4.79 Å². The number of thioether (sulfide) groups is 1. The molecule has 17 heavy (non-hydrogen) atoms. The van der Waals surface area contributed by atoms with Gasteiger partial charge in [-0.25, -0.2) is 0 Å². The molecule has 0 aromatic heterocycles. The summed E-state index contributed by atoms with van der Waals surface area (Å²) >= 11 is 1.67. The maximum absolute atomic E-state index is 11.9. The molecular weight excluding hydrogens is 232 g/mol. The third-order valence-electron chi connectivity index (χ3n) is 2.34. The van der Waals surface area contributed by atoms with Crippen molar-refractivity contribution < 1.29 is 9.53 Å². The van der Waals surface area contributed by atoms with Gasteiger partial charge in [0.2, 0.25) is 0 Å². The topological polar surface area (TPSA) is 26.3 Å². The Labute approximate surface area is 108 Å². The van der Waals surface area contributed by atoms with Gasteiger partial charge < -0.3 is 4.74 Å². The van der Waals surface area contributed by atoms with Gasteiger partial charge in [0.05, 0.1) is 12.4 Å². The summed E-state index contributed by atoms with van der Waals surface area (Å²) in [5.41, 5.74) is 1.80. The first kappa shape index (κ1) is 14.1. The Morgan fingerprint density at radius 3 is 2.65 bits per heavy atom. The Bertz CT molecular complexity index is 386. The molecule has 0 N–H and O–H groups in total. The summed E-state index contributed by atoms with van der Waals surface area (Å²) in [6.07, 6.45) is 0. The molecule has 1 rings (SSSR count). The van der Waals surface area contributed by atoms with Crippen LogP contribution in [0.1, 0.15) is 36.7 Å². The predicted molar refractivity (Wildman–Crippen MR) is 74.3 cm³/mol. The minimum atomic E-state index is 0.190. The van der Waals surface area contributed by atoms with Crippen LogP contribution in [0.15, 0.2) is 18.2 Å². The minimum absolute atomic E-state index is 0.190. The molecule has 0 aliphatic carbocycles. The lowest BCUT2D eigenvalue weighted by atomic mass is 10.1. The lowest BCUT2D eigenvalue weighted by Gasteiger charge is -2.09. The van der Waals surface area contributed by atoms with Crippen molar-refractivity contribution >= 4 is 17.5 Å². The Kier molecular flexibility index (Phi) is 5.56. The highest BCUT2D eigenvalue weighted by Gasteiger charge is 2.09. The summed E-state index contributed by atoms with van der Waals surface area (Å²) in [5.74, 6) is 1.60. The summed E-state index contributed by atoms with van der Waals surface area (Å²) in [6.45, 7) is 8.77. The van der Waals surface area contributed by atoms with E-state index in [2.05, 4.69) is 13.8 Å². The first-order valence-corrected chi connectivity index (χ1v) is 6.97. The number of aryl methyl sites for hydroxylation is 1. The third-order valence-corrected chi connectivity index (χ3v) is 3.44. The van der Waals surface area contributed by atoms with Gasteiger partial charge in [-0.3, -0.25) is 4.79 Å². The van der Waals surface area contributed by atoms with Crippen molar-refractivity contribution in [1.82, 2.24) is 0 Å². The van der Waals surface area contributed by atoms with Crippen LogP contribution < -0.4 is 4.74 Å². The van der Waals surface area contributed by atoms with Gasteiger partial charge in [0, 0.05) is 5.56 Å². The minimum Gasteiger partial charge on any atom is -0.494 e. The van der Waals surface area contributed by atoms with Gasteiger partial charge in [-0.2, -0.15) is 11.8 Å². The van der Waals surface area contributed by atoms with E-state index in [1.807, 2.05) is 32.0 Å². The van der Waals surface area contributed by atoms with Crippen molar-refractivity contribution in [2.24, 2.45) is 0 Å². The van der Waals surface area contributed by atoms with Crippen LogP contribution in [0.5, 0.6) is 5.75 Å². The van der Waals surface area contributed by atoms with Crippen molar-refractivity contribution in [3.63, 3.8) is 0 Å². The van der Waals surface area contributed by atoms with Crippen LogP contribution in [-0.2, 0) is 0 Å². The second-order valence-corrected chi connectivity index (χ2v) is 5.76. The largest absolute Gasteiger partial charge is 0.494 e. The highest BCUT2D eigenvalue weighted by Crippen LogP contribution is 2.20. The van der Waals surface area contributed by atoms with Crippen molar-refractivity contribution in [2.75, 3.05) is 12.4 Å². The number of hydrogen-bond donors (Lipinski definition) is 0. The van der Waals surface area contributed by atoms with Gasteiger partial charge in [0.15, 0.2) is 5.78 Å². The number of benzene rings is 1. The van der Waals surface area contributed by atoms with Crippen LogP contribution >= 0.6 is 11.8 Å². The van der Waals surface area contributed by atoms with Crippen molar-refractivity contribution in [3.8, 4) is 5.75 Å². The van der Waals surface area contributed by atoms with Gasteiger partial charge in [-0.05, 0) is 42.9 Å². The number of carbonyl (C=O) groups is 1. The monoisotopic (exact) mass is 252 g/mol. The molecule has 0 atom stereocenters. The van der Waals surface area contributed by atoms with E-state index in [0.717, 1.165) is 16.9 Å². The van der Waals surface area contributed by atoms with Crippen LogP contribution in [0.25, 0.3) is 0 Å². The zero-order valence-electron chi connectivity index (χ0n) is 10.9. The lowest BCUT2D eigenvalue weighted by Crippen LogP contribution is -2.05. The number of rotatable bonds is 6. The zero-order chi connectivity index (χ0) is 12.8. The molecule has 0 bridgehead atoms. The van der Waals surface area contributed by atoms with Crippen LogP contribution in [0, 0.1) is 6.92 Å². The van der Waals surface area contributed by atoms with Gasteiger partial charge in [0.25, 0.3) is 0 Å². The second kappa shape index (κ2) is 6.70. The van der Waals surface area contributed by atoms with Crippen LogP contribution in [-0.4, -0.2) is 23.4 Å². The molecule has 0 heterocycles. The molecule has 0 amide bonds. The summed E-state index contributed by atoms with van der Waals surface area (Å²) < 4.78 is 5.45. The van der Waals surface area contributed by atoms with Gasteiger partial charge >= 0.3 is 0 Å². The molecule has 0 aliphatic rings. The SMILES string of the molecule is CCOc1ccc(C(=O)CSC(C)C)cc1C. The molecule has 1 aromatic rings. The second-order valence-electron chi connectivity index (χ2n) is 4.20. The molecule has 0 spiro atoms. The predicted octanol–water partition coefficient (Wildman–Crippen LogP) is 3.72. The van der Waals surface area contributed by atoms with Crippen LogP contribution in [0.3, 0.4) is 0 Å². The van der Waals surface area contributed by atoms with E-state index in [1.54, 1.807) is 11.8 Å². The normalized spacial score (nSPS) is 10.6. The lowest BCUT2D eigenvalue weighted by molar-refractivity contribution is 0.102. The highest BCUT2D eigenvalue weighted by molar-refractivity contribution is 8.00. The quantitative estimate of drug-likeness (QED) is 0.722. The Hall–Kier alpha value is -0.960. The molecule has 0 fully saturated rings. The Morgan fingerprint density at radius 1 is 1.41 bits per heavy atom. The van der Waals surface area contributed by atoms with Crippen LogP contribution in [0.4, 0.5) is 0 Å². The maximum Gasteiger partial charge on any atom is 0.172 e. The van der Waals surface area contributed by atoms with E-state index in [-0.39, 0.29) is 5.78 Å². The highest BCUT2D eigenvalue weighted by atomic mass is 32.2. The van der Waals surface area contributed by atoms with Crippen molar-refractivity contribution in [3.05, 3.63) is 29.3 Å². The van der Waals surface area contributed by atoms with Gasteiger partial charge in [-0.15, -0.1) is 0 Å². The molecule has 0 saturated heterocycles. The summed E-state index contributed by atoms with van der Waals surface area (Å²) in [7, 11) is 0. The Morgan fingerprint density at radius 2 is 2.12 bits per heavy atom. The summed E-state index contributed by atoms with van der Waals surface area (Å²) in [6, 6.07) is 5.64. The average Bonchev–Trinajstić information content (AvgIpc) is 2.28. The van der Waals surface area contributed by atoms with E-state index in [0.29, 0.717) is 17.6 Å². The zero-order valence-corrected chi connectivity index (χ0v) is 11.8. The fraction of sp³-hybridized carbons (Fsp3) is 0.500. The summed E-state index contributed by atoms with van der Waals surface area (Å²) in [4.78, 5) is 11.9. The number of hydrogen-bond acceptors (Lipinski definition) is 3. The van der Waals surface area contributed by atoms with Gasteiger partial charge in [-0.1, -0.05) is 13.8 Å². The third kappa shape index (κ3) is 4.43. The molecule has 0 radical (unpaired) electrons. The fourth-order valence-electron chi connectivity index (χ4n) is 1.47. The van der Waals surface area contributed by atoms with E-state index >= 15 is 0 Å². The number of ether oxygens (including phenoxy) is 1. The van der Waals surface area contributed by atoms with E-state index < -0.39 is 0 Å². The molecule has 0 aliphatic heterocycles. The first-order valence-electron chi connectivity index (χ1n) is 5.92.